The molecule has 1 aromatic carbocycles. The van der Waals surface area contributed by atoms with Crippen LogP contribution in [0.2, 0.25) is 0 Å². The second-order valence-corrected chi connectivity index (χ2v) is 11.0. The fourth-order valence-electron chi connectivity index (χ4n) is 5.99. The summed E-state index contributed by atoms with van der Waals surface area (Å²) in [6, 6.07) is -0.821. The van der Waals surface area contributed by atoms with Crippen LogP contribution in [-0.4, -0.2) is 59.3 Å². The van der Waals surface area contributed by atoms with Crippen LogP contribution in [-0.2, 0) is 19.2 Å². The maximum atomic E-state index is 14.2. The molecule has 3 aliphatic rings. The van der Waals surface area contributed by atoms with Gasteiger partial charge in [0.2, 0.25) is 17.6 Å². The summed E-state index contributed by atoms with van der Waals surface area (Å²) >= 11 is 0. The molecule has 1 spiro atoms. The zero-order valence-electron chi connectivity index (χ0n) is 21.4. The standard InChI is InChI=1S/C27H33F3N2O6/c1-15-10-18(28)23(30)24(22(15)29)38-14-20(33)19(11-21(34)35)31-25(36)17-12-27(13-17)6-8-32(9-7-27)26(37)16-4-2-3-5-16/h10,16-17,19H,2-9,11-14H2,1H3,(H,31,36)(H,34,35)/t19-/m0/s1. The van der Waals surface area contributed by atoms with E-state index >= 15 is 0 Å². The summed E-state index contributed by atoms with van der Waals surface area (Å²) in [7, 11) is 0. The van der Waals surface area contributed by atoms with Crippen LogP contribution in [0.4, 0.5) is 13.2 Å². The molecule has 1 saturated heterocycles. The van der Waals surface area contributed by atoms with Crippen LogP contribution < -0.4 is 10.1 Å². The summed E-state index contributed by atoms with van der Waals surface area (Å²) in [6.45, 7) is 1.57. The lowest BCUT2D eigenvalue weighted by atomic mass is 9.57. The summed E-state index contributed by atoms with van der Waals surface area (Å²) in [5.74, 6) is -7.98. The van der Waals surface area contributed by atoms with Gasteiger partial charge in [0, 0.05) is 24.9 Å². The molecule has 3 fully saturated rings. The number of ketones is 1. The van der Waals surface area contributed by atoms with Crippen molar-refractivity contribution in [3.8, 4) is 5.75 Å². The Kier molecular flexibility index (Phi) is 8.32. The van der Waals surface area contributed by atoms with Crippen LogP contribution in [0.3, 0.4) is 0 Å². The van der Waals surface area contributed by atoms with Crippen molar-refractivity contribution >= 4 is 23.6 Å². The van der Waals surface area contributed by atoms with E-state index < -0.39 is 65.8 Å². The molecule has 2 N–H and O–H groups in total. The summed E-state index contributed by atoms with van der Waals surface area (Å²) in [6.07, 6.45) is 6.11. The number of carbonyl (C=O) groups is 4. The lowest BCUT2D eigenvalue weighted by Crippen LogP contribution is -2.54. The number of aryl methyl sites for hydroxylation is 1. The predicted octanol–water partition coefficient (Wildman–Crippen LogP) is 3.53. The number of likely N-dealkylation sites (tertiary alicyclic amines) is 1. The van der Waals surface area contributed by atoms with Crippen molar-refractivity contribution in [3.05, 3.63) is 29.1 Å². The van der Waals surface area contributed by atoms with Gasteiger partial charge in [-0.25, -0.2) is 8.78 Å². The highest BCUT2D eigenvalue weighted by Crippen LogP contribution is 2.52. The number of ether oxygens (including phenoxy) is 1. The second kappa shape index (κ2) is 11.3. The number of aliphatic carboxylic acids is 1. The molecule has 4 rings (SSSR count). The number of benzene rings is 1. The molecular weight excluding hydrogens is 505 g/mol. The van der Waals surface area contributed by atoms with Gasteiger partial charge in [-0.3, -0.25) is 19.2 Å². The fourth-order valence-corrected chi connectivity index (χ4v) is 5.99. The number of carbonyl (C=O) groups excluding carboxylic acids is 3. The Morgan fingerprint density at radius 2 is 1.71 bits per heavy atom. The third-order valence-electron chi connectivity index (χ3n) is 8.31. The van der Waals surface area contributed by atoms with Gasteiger partial charge in [0.05, 0.1) is 6.42 Å². The number of amides is 2. The Morgan fingerprint density at radius 1 is 1.08 bits per heavy atom. The van der Waals surface area contributed by atoms with Crippen molar-refractivity contribution < 1.29 is 42.2 Å². The van der Waals surface area contributed by atoms with Crippen molar-refractivity contribution in [1.29, 1.82) is 0 Å². The SMILES string of the molecule is Cc1cc(F)c(F)c(OCC(=O)[C@H](CC(=O)O)NC(=O)C2CC3(CCN(C(=O)C4CCCC4)CC3)C2)c1F. The average molecular weight is 539 g/mol. The van der Waals surface area contributed by atoms with Gasteiger partial charge in [0.1, 0.15) is 12.6 Å². The molecule has 1 aliphatic heterocycles. The normalized spacial score (nSPS) is 20.2. The highest BCUT2D eigenvalue weighted by Gasteiger charge is 2.49. The van der Waals surface area contributed by atoms with Gasteiger partial charge in [-0.05, 0) is 62.5 Å². The van der Waals surface area contributed by atoms with Crippen LogP contribution in [0.25, 0.3) is 0 Å². The van der Waals surface area contributed by atoms with Gasteiger partial charge in [0.25, 0.3) is 0 Å². The molecule has 1 heterocycles. The van der Waals surface area contributed by atoms with Crippen molar-refractivity contribution in [2.45, 2.75) is 70.8 Å². The van der Waals surface area contributed by atoms with E-state index in [0.29, 0.717) is 32.0 Å². The molecular formula is C27H33F3N2O6. The molecule has 38 heavy (non-hydrogen) atoms. The van der Waals surface area contributed by atoms with Gasteiger partial charge < -0.3 is 20.1 Å². The van der Waals surface area contributed by atoms with E-state index in [1.807, 2.05) is 4.90 Å². The summed E-state index contributed by atoms with van der Waals surface area (Å²) < 4.78 is 46.6. The molecule has 1 aromatic rings. The largest absolute Gasteiger partial charge is 0.481 e. The average Bonchev–Trinajstić information content (AvgIpc) is 3.40. The summed E-state index contributed by atoms with van der Waals surface area (Å²) in [5, 5.41) is 11.7. The molecule has 2 aliphatic carbocycles. The van der Waals surface area contributed by atoms with Crippen LogP contribution in [0.1, 0.15) is 63.4 Å². The molecule has 2 saturated carbocycles. The first-order valence-electron chi connectivity index (χ1n) is 13.1. The molecule has 208 valence electrons. The minimum Gasteiger partial charge on any atom is -0.481 e. The highest BCUT2D eigenvalue weighted by atomic mass is 19.2. The Bertz CT molecular complexity index is 1080. The lowest BCUT2D eigenvalue weighted by Gasteiger charge is -2.52. The maximum absolute atomic E-state index is 14.2. The number of Topliss-reactive ketones (excluding diaryl/α,β-unsaturated/α-hetero) is 1. The molecule has 0 bridgehead atoms. The number of nitrogens with zero attached hydrogens (tertiary/aromatic N) is 1. The van der Waals surface area contributed by atoms with E-state index in [1.165, 1.54) is 6.92 Å². The lowest BCUT2D eigenvalue weighted by molar-refractivity contribution is -0.146. The van der Waals surface area contributed by atoms with Crippen molar-refractivity contribution in [2.75, 3.05) is 19.7 Å². The van der Waals surface area contributed by atoms with Gasteiger partial charge in [-0.1, -0.05) is 12.8 Å². The van der Waals surface area contributed by atoms with Gasteiger partial charge in [0.15, 0.2) is 23.2 Å². The minimum absolute atomic E-state index is 0.0474. The number of rotatable bonds is 9. The Morgan fingerprint density at radius 3 is 2.32 bits per heavy atom. The van der Waals surface area contributed by atoms with Crippen LogP contribution in [0.5, 0.6) is 5.75 Å². The number of piperidine rings is 1. The van der Waals surface area contributed by atoms with E-state index in [4.69, 9.17) is 4.74 Å². The number of carboxylic acids is 1. The number of carboxylic acid groups (broad SMARTS) is 1. The Hall–Kier alpha value is -3.11. The van der Waals surface area contributed by atoms with Gasteiger partial charge in [-0.15, -0.1) is 0 Å². The van der Waals surface area contributed by atoms with E-state index in [1.54, 1.807) is 0 Å². The topological polar surface area (TPSA) is 113 Å². The zero-order valence-corrected chi connectivity index (χ0v) is 21.4. The molecule has 0 unspecified atom stereocenters. The first kappa shape index (κ1) is 27.9. The van der Waals surface area contributed by atoms with E-state index in [-0.39, 0.29) is 22.8 Å². The Balaban J connectivity index is 1.29. The van der Waals surface area contributed by atoms with Crippen molar-refractivity contribution in [2.24, 2.45) is 17.3 Å². The molecule has 1 atom stereocenters. The first-order chi connectivity index (χ1) is 18.0. The smallest absolute Gasteiger partial charge is 0.305 e. The maximum Gasteiger partial charge on any atom is 0.305 e. The van der Waals surface area contributed by atoms with Crippen molar-refractivity contribution in [1.82, 2.24) is 10.2 Å². The van der Waals surface area contributed by atoms with Crippen LogP contribution in [0.15, 0.2) is 6.07 Å². The monoisotopic (exact) mass is 538 g/mol. The van der Waals surface area contributed by atoms with Gasteiger partial charge >= 0.3 is 5.97 Å². The molecule has 8 nitrogen and oxygen atoms in total. The van der Waals surface area contributed by atoms with E-state index in [0.717, 1.165) is 38.5 Å². The quantitative estimate of drug-likeness (QED) is 0.465. The van der Waals surface area contributed by atoms with E-state index in [2.05, 4.69) is 5.32 Å². The van der Waals surface area contributed by atoms with Gasteiger partial charge in [-0.2, -0.15) is 4.39 Å². The fraction of sp³-hybridized carbons (Fsp3) is 0.630. The van der Waals surface area contributed by atoms with Crippen molar-refractivity contribution in [3.63, 3.8) is 0 Å². The number of hydrogen-bond donors (Lipinski definition) is 2. The number of nitrogens with one attached hydrogen (secondary N) is 1. The molecule has 2 amide bonds. The van der Waals surface area contributed by atoms with E-state index in [9.17, 15) is 37.5 Å². The Labute approximate surface area is 218 Å². The van der Waals surface area contributed by atoms with Crippen LogP contribution in [0, 0.1) is 41.6 Å². The number of halogens is 3. The summed E-state index contributed by atoms with van der Waals surface area (Å²) in [4.78, 5) is 51.4. The molecule has 11 heteroatoms. The zero-order chi connectivity index (χ0) is 27.6. The van der Waals surface area contributed by atoms with Crippen LogP contribution >= 0.6 is 0 Å². The number of hydrogen-bond acceptors (Lipinski definition) is 5. The third kappa shape index (κ3) is 5.96. The second-order valence-electron chi connectivity index (χ2n) is 11.0. The third-order valence-corrected chi connectivity index (χ3v) is 8.31. The minimum atomic E-state index is -1.60. The molecule has 0 aromatic heterocycles. The first-order valence-corrected chi connectivity index (χ1v) is 13.1. The highest BCUT2D eigenvalue weighted by molar-refractivity contribution is 5.93. The molecule has 0 radical (unpaired) electrons. The summed E-state index contributed by atoms with van der Waals surface area (Å²) in [5.41, 5.74) is -0.275. The predicted molar refractivity (Wildman–Crippen MR) is 129 cm³/mol.